The second kappa shape index (κ2) is 5.78. The number of hydrogen-bond acceptors (Lipinski definition) is 2. The maximum absolute atomic E-state index is 3.63. The van der Waals surface area contributed by atoms with Gasteiger partial charge >= 0.3 is 0 Å². The Kier molecular flexibility index (Phi) is 4.21. The van der Waals surface area contributed by atoms with Crippen molar-refractivity contribution in [2.24, 2.45) is 5.41 Å². The van der Waals surface area contributed by atoms with Crippen molar-refractivity contribution in [1.82, 2.24) is 10.2 Å². The van der Waals surface area contributed by atoms with Gasteiger partial charge in [-0.1, -0.05) is 28.1 Å². The number of nitrogens with one attached hydrogen (secondary N) is 1. The molecule has 3 heteroatoms. The highest BCUT2D eigenvalue weighted by molar-refractivity contribution is 9.10. The van der Waals surface area contributed by atoms with Crippen molar-refractivity contribution in [3.05, 3.63) is 34.3 Å². The summed E-state index contributed by atoms with van der Waals surface area (Å²) in [7, 11) is 0. The summed E-state index contributed by atoms with van der Waals surface area (Å²) in [5.41, 5.74) is 1.98. The smallest absolute Gasteiger partial charge is 0.0178 e. The number of nitrogens with zero attached hydrogens (tertiary/aromatic N) is 1. The van der Waals surface area contributed by atoms with Crippen LogP contribution in [-0.4, -0.2) is 37.1 Å². The Balaban J connectivity index is 1.88. The predicted molar refractivity (Wildman–Crippen MR) is 88.1 cm³/mol. The lowest BCUT2D eigenvalue weighted by atomic mass is 9.67. The van der Waals surface area contributed by atoms with E-state index >= 15 is 0 Å². The number of benzene rings is 1. The Morgan fingerprint density at radius 2 is 2.20 bits per heavy atom. The summed E-state index contributed by atoms with van der Waals surface area (Å²) in [6.07, 6.45) is 2.66. The zero-order chi connectivity index (χ0) is 14.2. The second-order valence-corrected chi connectivity index (χ2v) is 7.65. The molecule has 0 aliphatic carbocycles. The van der Waals surface area contributed by atoms with E-state index in [4.69, 9.17) is 0 Å². The molecule has 2 atom stereocenters. The van der Waals surface area contributed by atoms with Gasteiger partial charge in [0, 0.05) is 29.5 Å². The van der Waals surface area contributed by atoms with E-state index in [1.807, 2.05) is 0 Å². The third-order valence-electron chi connectivity index (χ3n) is 5.28. The summed E-state index contributed by atoms with van der Waals surface area (Å²) in [6, 6.07) is 9.60. The van der Waals surface area contributed by atoms with Gasteiger partial charge in [0.25, 0.3) is 0 Å². The summed E-state index contributed by atoms with van der Waals surface area (Å²) in [6.45, 7) is 9.49. The van der Waals surface area contributed by atoms with Crippen molar-refractivity contribution < 1.29 is 0 Å². The van der Waals surface area contributed by atoms with Gasteiger partial charge in [0.05, 0.1) is 0 Å². The third kappa shape index (κ3) is 2.68. The standard InChI is InChI=1S/C17H25BrN2/c1-13(2)20-9-7-17(12-20)6-8-19-11-16(17)14-4-3-5-15(18)10-14/h3-5,10,13,16,19H,6-9,11-12H2,1-2H3. The number of likely N-dealkylation sites (tertiary alicyclic amines) is 1. The lowest BCUT2D eigenvalue weighted by Gasteiger charge is -2.42. The number of piperidine rings is 1. The van der Waals surface area contributed by atoms with E-state index in [2.05, 4.69) is 64.3 Å². The molecular weight excluding hydrogens is 312 g/mol. The minimum Gasteiger partial charge on any atom is -0.316 e. The summed E-state index contributed by atoms with van der Waals surface area (Å²) in [5.74, 6) is 0.650. The Morgan fingerprint density at radius 3 is 2.90 bits per heavy atom. The van der Waals surface area contributed by atoms with Gasteiger partial charge in [0.2, 0.25) is 0 Å². The van der Waals surface area contributed by atoms with Gasteiger partial charge in [0.1, 0.15) is 0 Å². The minimum atomic E-state index is 0.482. The van der Waals surface area contributed by atoms with E-state index < -0.39 is 0 Å². The average Bonchev–Trinajstić information content (AvgIpc) is 2.84. The van der Waals surface area contributed by atoms with Crippen LogP contribution in [0.5, 0.6) is 0 Å². The molecule has 2 aliphatic heterocycles. The first-order chi connectivity index (χ1) is 9.61. The molecule has 110 valence electrons. The van der Waals surface area contributed by atoms with Gasteiger partial charge in [-0.2, -0.15) is 0 Å². The van der Waals surface area contributed by atoms with Gasteiger partial charge in [0.15, 0.2) is 0 Å². The van der Waals surface area contributed by atoms with Crippen LogP contribution in [0.3, 0.4) is 0 Å². The average molecular weight is 337 g/mol. The first-order valence-corrected chi connectivity index (χ1v) is 8.60. The summed E-state index contributed by atoms with van der Waals surface area (Å²) >= 11 is 3.63. The topological polar surface area (TPSA) is 15.3 Å². The molecule has 2 saturated heterocycles. The van der Waals surface area contributed by atoms with Crippen LogP contribution in [0.2, 0.25) is 0 Å². The molecule has 1 aromatic rings. The Labute approximate surface area is 131 Å². The lowest BCUT2D eigenvalue weighted by molar-refractivity contribution is 0.152. The zero-order valence-electron chi connectivity index (χ0n) is 12.5. The maximum atomic E-state index is 3.63. The molecule has 2 aliphatic rings. The normalized spacial score (nSPS) is 31.3. The van der Waals surface area contributed by atoms with Crippen molar-refractivity contribution in [2.75, 3.05) is 26.2 Å². The minimum absolute atomic E-state index is 0.482. The molecule has 0 aromatic heterocycles. The molecule has 1 N–H and O–H groups in total. The van der Waals surface area contributed by atoms with Crippen LogP contribution >= 0.6 is 15.9 Å². The molecule has 0 bridgehead atoms. The van der Waals surface area contributed by atoms with Gasteiger partial charge < -0.3 is 10.2 Å². The van der Waals surface area contributed by atoms with E-state index in [9.17, 15) is 0 Å². The fourth-order valence-electron chi connectivity index (χ4n) is 4.03. The van der Waals surface area contributed by atoms with Gasteiger partial charge in [-0.3, -0.25) is 0 Å². The fourth-order valence-corrected chi connectivity index (χ4v) is 4.44. The van der Waals surface area contributed by atoms with Crippen molar-refractivity contribution in [3.8, 4) is 0 Å². The largest absolute Gasteiger partial charge is 0.316 e. The molecular formula is C17H25BrN2. The van der Waals surface area contributed by atoms with E-state index in [0.717, 1.165) is 6.54 Å². The van der Waals surface area contributed by atoms with Gasteiger partial charge in [-0.15, -0.1) is 0 Å². The van der Waals surface area contributed by atoms with E-state index in [0.29, 0.717) is 17.4 Å². The number of hydrogen-bond donors (Lipinski definition) is 1. The first kappa shape index (κ1) is 14.6. The summed E-state index contributed by atoms with van der Waals surface area (Å²) in [5, 5.41) is 3.61. The molecule has 0 amide bonds. The Morgan fingerprint density at radius 1 is 1.35 bits per heavy atom. The molecule has 2 fully saturated rings. The fraction of sp³-hybridized carbons (Fsp3) is 0.647. The third-order valence-corrected chi connectivity index (χ3v) is 5.78. The van der Waals surface area contributed by atoms with Crippen molar-refractivity contribution in [3.63, 3.8) is 0 Å². The monoisotopic (exact) mass is 336 g/mol. The number of rotatable bonds is 2. The predicted octanol–water partition coefficient (Wildman–Crippen LogP) is 3.63. The van der Waals surface area contributed by atoms with Crippen LogP contribution in [0.15, 0.2) is 28.7 Å². The molecule has 3 rings (SSSR count). The number of halogens is 1. The molecule has 2 heterocycles. The van der Waals surface area contributed by atoms with E-state index in [1.165, 1.54) is 42.5 Å². The van der Waals surface area contributed by atoms with Crippen LogP contribution in [0.1, 0.15) is 38.2 Å². The van der Waals surface area contributed by atoms with Crippen LogP contribution in [-0.2, 0) is 0 Å². The maximum Gasteiger partial charge on any atom is 0.0178 e. The van der Waals surface area contributed by atoms with E-state index in [1.54, 1.807) is 0 Å². The zero-order valence-corrected chi connectivity index (χ0v) is 14.1. The first-order valence-electron chi connectivity index (χ1n) is 7.81. The van der Waals surface area contributed by atoms with Gasteiger partial charge in [-0.25, -0.2) is 0 Å². The van der Waals surface area contributed by atoms with Crippen molar-refractivity contribution in [2.45, 2.75) is 38.6 Å². The van der Waals surface area contributed by atoms with Crippen LogP contribution < -0.4 is 5.32 Å². The summed E-state index contributed by atoms with van der Waals surface area (Å²) in [4.78, 5) is 2.66. The molecule has 2 unspecified atom stereocenters. The van der Waals surface area contributed by atoms with Crippen molar-refractivity contribution >= 4 is 15.9 Å². The SMILES string of the molecule is CC(C)N1CCC2(CCNCC2c2cccc(Br)c2)C1. The molecule has 1 spiro atoms. The Hall–Kier alpha value is -0.380. The Bertz CT molecular complexity index is 474. The lowest BCUT2D eigenvalue weighted by Crippen LogP contribution is -2.45. The van der Waals surface area contributed by atoms with Crippen LogP contribution in [0.4, 0.5) is 0 Å². The molecule has 0 saturated carbocycles. The quantitative estimate of drug-likeness (QED) is 0.887. The van der Waals surface area contributed by atoms with Crippen LogP contribution in [0.25, 0.3) is 0 Å². The summed E-state index contributed by atoms with van der Waals surface area (Å²) < 4.78 is 1.20. The van der Waals surface area contributed by atoms with Gasteiger partial charge in [-0.05, 0) is 62.9 Å². The second-order valence-electron chi connectivity index (χ2n) is 6.74. The molecule has 0 radical (unpaired) electrons. The highest BCUT2D eigenvalue weighted by Crippen LogP contribution is 2.48. The molecule has 1 aromatic carbocycles. The van der Waals surface area contributed by atoms with Crippen LogP contribution in [0, 0.1) is 5.41 Å². The van der Waals surface area contributed by atoms with E-state index in [-0.39, 0.29) is 0 Å². The molecule has 20 heavy (non-hydrogen) atoms. The molecule has 2 nitrogen and oxygen atoms in total. The van der Waals surface area contributed by atoms with Crippen molar-refractivity contribution in [1.29, 1.82) is 0 Å². The highest BCUT2D eigenvalue weighted by atomic mass is 79.9. The highest BCUT2D eigenvalue weighted by Gasteiger charge is 2.46.